The van der Waals surface area contributed by atoms with Gasteiger partial charge in [0.25, 0.3) is 0 Å². The molecule has 1 N–H and O–H groups in total. The van der Waals surface area contributed by atoms with Gasteiger partial charge in [-0.15, -0.1) is 0 Å². The van der Waals surface area contributed by atoms with Gasteiger partial charge in [0.05, 0.1) is 5.69 Å². The van der Waals surface area contributed by atoms with Crippen molar-refractivity contribution in [1.82, 2.24) is 0 Å². The fraction of sp³-hybridized carbons (Fsp3) is 0.222. The number of hydrazone groups is 1. The smallest absolute Gasteiger partial charge is 0.123 e. The van der Waals surface area contributed by atoms with Crippen LogP contribution in [0.25, 0.3) is 0 Å². The molecule has 0 atom stereocenters. The largest absolute Gasteiger partial charge is 0.279 e. The molecule has 0 amide bonds. The zero-order valence-corrected chi connectivity index (χ0v) is 7.13. The van der Waals surface area contributed by atoms with Crippen LogP contribution in [0.2, 0.25) is 0 Å². The molecule has 0 radical (unpaired) electrons. The maximum absolute atomic E-state index is 12.6. The molecule has 0 unspecified atom stereocenters. The summed E-state index contributed by atoms with van der Waals surface area (Å²) in [5.41, 5.74) is 4.47. The van der Waals surface area contributed by atoms with Crippen molar-refractivity contribution in [3.8, 4) is 0 Å². The first-order valence-corrected chi connectivity index (χ1v) is 3.74. The molecule has 0 aliphatic rings. The molecular weight excluding hydrogens is 155 g/mol. The molecule has 0 aromatic heterocycles. The van der Waals surface area contributed by atoms with E-state index in [1.165, 1.54) is 12.1 Å². The minimum atomic E-state index is -0.224. The Kier molecular flexibility index (Phi) is 2.80. The second-order valence-corrected chi connectivity index (χ2v) is 2.46. The Bertz CT molecular complexity index is 295. The van der Waals surface area contributed by atoms with E-state index in [1.54, 1.807) is 12.3 Å². The lowest BCUT2D eigenvalue weighted by molar-refractivity contribution is 0.627. The van der Waals surface area contributed by atoms with E-state index in [1.807, 2.05) is 13.8 Å². The number of nitrogens with zero attached hydrogens (tertiary/aromatic N) is 1. The molecule has 0 saturated heterocycles. The highest BCUT2D eigenvalue weighted by molar-refractivity contribution is 5.57. The number of benzene rings is 1. The summed E-state index contributed by atoms with van der Waals surface area (Å²) >= 11 is 0. The Morgan fingerprint density at radius 3 is 2.83 bits per heavy atom. The lowest BCUT2D eigenvalue weighted by Gasteiger charge is -2.03. The molecule has 0 fully saturated rings. The van der Waals surface area contributed by atoms with Gasteiger partial charge in [-0.3, -0.25) is 5.43 Å². The highest BCUT2D eigenvalue weighted by Crippen LogP contribution is 2.14. The lowest BCUT2D eigenvalue weighted by Crippen LogP contribution is -1.91. The molecule has 0 aliphatic heterocycles. The summed E-state index contributed by atoms with van der Waals surface area (Å²) in [4.78, 5) is 0. The third-order valence-electron chi connectivity index (χ3n) is 1.50. The average molecular weight is 166 g/mol. The maximum atomic E-state index is 12.6. The Balaban J connectivity index is 2.86. The average Bonchev–Trinajstić information content (AvgIpc) is 2.03. The van der Waals surface area contributed by atoms with Crippen molar-refractivity contribution in [2.24, 2.45) is 5.10 Å². The van der Waals surface area contributed by atoms with Crippen LogP contribution in [0, 0.1) is 12.7 Å². The molecule has 0 heterocycles. The van der Waals surface area contributed by atoms with E-state index in [2.05, 4.69) is 10.5 Å². The van der Waals surface area contributed by atoms with Gasteiger partial charge in [0, 0.05) is 6.21 Å². The second-order valence-electron chi connectivity index (χ2n) is 2.46. The standard InChI is InChI=1S/C9H11FN2/c1-3-11-12-9-5-4-8(10)6-7(9)2/h3-6,12H,1-2H3/b11-3+. The van der Waals surface area contributed by atoms with Gasteiger partial charge in [-0.1, -0.05) is 0 Å². The predicted molar refractivity (Wildman–Crippen MR) is 48.9 cm³/mol. The van der Waals surface area contributed by atoms with Crippen LogP contribution >= 0.6 is 0 Å². The van der Waals surface area contributed by atoms with Gasteiger partial charge < -0.3 is 0 Å². The normalized spacial score (nSPS) is 10.6. The third kappa shape index (κ3) is 2.05. The topological polar surface area (TPSA) is 24.4 Å². The molecule has 0 aliphatic carbocycles. The Morgan fingerprint density at radius 1 is 1.50 bits per heavy atom. The third-order valence-corrected chi connectivity index (χ3v) is 1.50. The van der Waals surface area contributed by atoms with Gasteiger partial charge in [0.2, 0.25) is 0 Å². The van der Waals surface area contributed by atoms with Crippen molar-refractivity contribution in [2.45, 2.75) is 13.8 Å². The van der Waals surface area contributed by atoms with Crippen LogP contribution in [0.15, 0.2) is 23.3 Å². The lowest BCUT2D eigenvalue weighted by atomic mass is 10.2. The number of halogens is 1. The van der Waals surface area contributed by atoms with Crippen LogP contribution in [-0.4, -0.2) is 6.21 Å². The van der Waals surface area contributed by atoms with Gasteiger partial charge in [-0.05, 0) is 37.6 Å². The zero-order chi connectivity index (χ0) is 8.97. The van der Waals surface area contributed by atoms with Crippen molar-refractivity contribution >= 4 is 11.9 Å². The van der Waals surface area contributed by atoms with Gasteiger partial charge in [-0.25, -0.2) is 4.39 Å². The number of hydrogen-bond donors (Lipinski definition) is 1. The zero-order valence-electron chi connectivity index (χ0n) is 7.13. The summed E-state index contributed by atoms with van der Waals surface area (Å²) in [5.74, 6) is -0.224. The second kappa shape index (κ2) is 3.85. The Hall–Kier alpha value is -1.38. The summed E-state index contributed by atoms with van der Waals surface area (Å²) in [6.45, 7) is 3.64. The fourth-order valence-corrected chi connectivity index (χ4v) is 0.887. The van der Waals surface area contributed by atoms with Gasteiger partial charge >= 0.3 is 0 Å². The molecule has 0 saturated carbocycles. The summed E-state index contributed by atoms with van der Waals surface area (Å²) < 4.78 is 12.6. The molecule has 1 rings (SSSR count). The van der Waals surface area contributed by atoms with Crippen LogP contribution in [0.1, 0.15) is 12.5 Å². The van der Waals surface area contributed by atoms with E-state index >= 15 is 0 Å². The van der Waals surface area contributed by atoms with Crippen LogP contribution < -0.4 is 5.43 Å². The molecular formula is C9H11FN2. The fourth-order valence-electron chi connectivity index (χ4n) is 0.887. The van der Waals surface area contributed by atoms with E-state index in [-0.39, 0.29) is 5.82 Å². The minimum absolute atomic E-state index is 0.224. The monoisotopic (exact) mass is 166 g/mol. The Labute approximate surface area is 71.1 Å². The SMILES string of the molecule is C/C=N/Nc1ccc(F)cc1C. The van der Waals surface area contributed by atoms with Gasteiger partial charge in [0.15, 0.2) is 0 Å². The molecule has 2 nitrogen and oxygen atoms in total. The van der Waals surface area contributed by atoms with Crippen molar-refractivity contribution < 1.29 is 4.39 Å². The molecule has 0 spiro atoms. The number of rotatable bonds is 2. The van der Waals surface area contributed by atoms with E-state index in [0.717, 1.165) is 11.3 Å². The number of hydrogen-bond acceptors (Lipinski definition) is 2. The van der Waals surface area contributed by atoms with Crippen LogP contribution in [0.5, 0.6) is 0 Å². The predicted octanol–water partition coefficient (Wildman–Crippen LogP) is 2.55. The van der Waals surface area contributed by atoms with Crippen LogP contribution in [0.4, 0.5) is 10.1 Å². The molecule has 64 valence electrons. The van der Waals surface area contributed by atoms with Crippen molar-refractivity contribution in [2.75, 3.05) is 5.43 Å². The van der Waals surface area contributed by atoms with E-state index < -0.39 is 0 Å². The summed E-state index contributed by atoms with van der Waals surface area (Å²) in [6, 6.07) is 4.53. The molecule has 12 heavy (non-hydrogen) atoms. The number of nitrogens with one attached hydrogen (secondary N) is 1. The number of aryl methyl sites for hydroxylation is 1. The highest BCUT2D eigenvalue weighted by Gasteiger charge is 1.96. The first-order valence-electron chi connectivity index (χ1n) is 3.74. The molecule has 1 aromatic carbocycles. The summed E-state index contributed by atoms with van der Waals surface area (Å²) in [7, 11) is 0. The maximum Gasteiger partial charge on any atom is 0.123 e. The van der Waals surface area contributed by atoms with E-state index in [4.69, 9.17) is 0 Å². The van der Waals surface area contributed by atoms with Crippen molar-refractivity contribution in [3.63, 3.8) is 0 Å². The molecule has 1 aromatic rings. The summed E-state index contributed by atoms with van der Waals surface area (Å²) in [5, 5.41) is 3.84. The molecule has 0 bridgehead atoms. The first-order chi connectivity index (χ1) is 5.74. The van der Waals surface area contributed by atoms with E-state index in [9.17, 15) is 4.39 Å². The summed E-state index contributed by atoms with van der Waals surface area (Å²) in [6.07, 6.45) is 1.64. The van der Waals surface area contributed by atoms with Crippen molar-refractivity contribution in [1.29, 1.82) is 0 Å². The Morgan fingerprint density at radius 2 is 2.25 bits per heavy atom. The van der Waals surface area contributed by atoms with Gasteiger partial charge in [-0.2, -0.15) is 5.10 Å². The highest BCUT2D eigenvalue weighted by atomic mass is 19.1. The first kappa shape index (κ1) is 8.71. The molecule has 3 heteroatoms. The quantitative estimate of drug-likeness (QED) is 0.530. The van der Waals surface area contributed by atoms with Crippen LogP contribution in [-0.2, 0) is 0 Å². The van der Waals surface area contributed by atoms with Crippen molar-refractivity contribution in [3.05, 3.63) is 29.6 Å². The minimum Gasteiger partial charge on any atom is -0.279 e. The number of anilines is 1. The van der Waals surface area contributed by atoms with Gasteiger partial charge in [0.1, 0.15) is 5.82 Å². The van der Waals surface area contributed by atoms with E-state index in [0.29, 0.717) is 0 Å². The van der Waals surface area contributed by atoms with Crippen LogP contribution in [0.3, 0.4) is 0 Å².